The number of ether oxygens (including phenoxy) is 1. The average Bonchev–Trinajstić information content (AvgIpc) is 2.99. The molecule has 136 valence electrons. The summed E-state index contributed by atoms with van der Waals surface area (Å²) in [6.45, 7) is 2.69. The first-order chi connectivity index (χ1) is 13.0. The van der Waals surface area contributed by atoms with Crippen LogP contribution in [0.15, 0.2) is 47.5 Å². The minimum Gasteiger partial charge on any atom is -0.494 e. The summed E-state index contributed by atoms with van der Waals surface area (Å²) >= 11 is 1.30. The molecule has 7 nitrogen and oxygen atoms in total. The first kappa shape index (κ1) is 18.4. The molecule has 3 aromatic rings. The number of nitro benzene ring substituents is 1. The molecular formula is C19H15N3O4S. The smallest absolute Gasteiger partial charge is 0.279 e. The van der Waals surface area contributed by atoms with Gasteiger partial charge in [-0.1, -0.05) is 23.3 Å². The topological polar surface area (TPSA) is 86.7 Å². The van der Waals surface area contributed by atoms with Gasteiger partial charge in [-0.25, -0.2) is 0 Å². The molecule has 0 saturated carbocycles. The highest BCUT2D eigenvalue weighted by atomic mass is 32.1. The van der Waals surface area contributed by atoms with E-state index in [1.807, 2.05) is 25.1 Å². The number of amides is 1. The van der Waals surface area contributed by atoms with Crippen molar-refractivity contribution in [3.05, 3.63) is 62.9 Å². The molecule has 0 fully saturated rings. The quantitative estimate of drug-likeness (QED) is 0.385. The van der Waals surface area contributed by atoms with Crippen LogP contribution in [0.4, 0.5) is 5.69 Å². The van der Waals surface area contributed by atoms with Gasteiger partial charge in [-0.2, -0.15) is 4.99 Å². The first-order valence-electron chi connectivity index (χ1n) is 8.06. The van der Waals surface area contributed by atoms with Gasteiger partial charge in [0.2, 0.25) is 0 Å². The van der Waals surface area contributed by atoms with Gasteiger partial charge in [0.25, 0.3) is 11.6 Å². The second-order valence-electron chi connectivity index (χ2n) is 5.46. The number of fused-ring (bicyclic) bond motifs is 1. The van der Waals surface area contributed by atoms with Crippen molar-refractivity contribution in [1.29, 1.82) is 0 Å². The Kier molecular flexibility index (Phi) is 5.33. The van der Waals surface area contributed by atoms with E-state index in [-0.39, 0.29) is 17.8 Å². The number of carbonyl (C=O) groups is 1. The number of carbonyl (C=O) groups excluding carboxylic acids is 1. The number of rotatable bonds is 5. The summed E-state index contributed by atoms with van der Waals surface area (Å²) in [6.07, 6.45) is 5.46. The fourth-order valence-corrected chi connectivity index (χ4v) is 3.60. The van der Waals surface area contributed by atoms with Crippen LogP contribution in [-0.4, -0.2) is 22.0 Å². The van der Waals surface area contributed by atoms with Gasteiger partial charge in [0, 0.05) is 17.7 Å². The van der Waals surface area contributed by atoms with Crippen LogP contribution in [0.5, 0.6) is 5.75 Å². The van der Waals surface area contributed by atoms with Gasteiger partial charge in [-0.05, 0) is 31.2 Å². The van der Waals surface area contributed by atoms with Crippen molar-refractivity contribution in [2.75, 3.05) is 6.61 Å². The van der Waals surface area contributed by atoms with Crippen LogP contribution in [0.3, 0.4) is 0 Å². The van der Waals surface area contributed by atoms with Crippen LogP contribution >= 0.6 is 11.3 Å². The molecule has 27 heavy (non-hydrogen) atoms. The monoisotopic (exact) mass is 381 g/mol. The number of thiazole rings is 1. The van der Waals surface area contributed by atoms with Gasteiger partial charge >= 0.3 is 0 Å². The third kappa shape index (κ3) is 3.88. The number of nitrogens with zero attached hydrogens (tertiary/aromatic N) is 3. The van der Waals surface area contributed by atoms with Gasteiger partial charge < -0.3 is 9.30 Å². The molecule has 0 aliphatic rings. The minimum absolute atomic E-state index is 0.143. The lowest BCUT2D eigenvalue weighted by atomic mass is 10.2. The number of terminal acetylenes is 1. The van der Waals surface area contributed by atoms with E-state index in [0.717, 1.165) is 16.0 Å². The Morgan fingerprint density at radius 3 is 2.89 bits per heavy atom. The van der Waals surface area contributed by atoms with Crippen molar-refractivity contribution in [3.63, 3.8) is 0 Å². The van der Waals surface area contributed by atoms with E-state index >= 15 is 0 Å². The Morgan fingerprint density at radius 2 is 2.19 bits per heavy atom. The summed E-state index contributed by atoms with van der Waals surface area (Å²) in [5.41, 5.74) is 0.821. The van der Waals surface area contributed by atoms with E-state index < -0.39 is 10.8 Å². The molecule has 0 N–H and O–H groups in total. The SMILES string of the molecule is C#CCn1c(=NC(=O)c2cccc([N+](=O)[O-])c2)sc2cc(OCC)ccc21. The van der Waals surface area contributed by atoms with E-state index in [1.165, 1.54) is 35.6 Å². The zero-order chi connectivity index (χ0) is 19.4. The van der Waals surface area contributed by atoms with Crippen molar-refractivity contribution in [1.82, 2.24) is 4.57 Å². The molecule has 0 radical (unpaired) electrons. The molecule has 0 atom stereocenters. The van der Waals surface area contributed by atoms with E-state index in [4.69, 9.17) is 11.2 Å². The van der Waals surface area contributed by atoms with Gasteiger partial charge in [-0.15, -0.1) is 6.42 Å². The number of benzene rings is 2. The molecule has 3 rings (SSSR count). The van der Waals surface area contributed by atoms with E-state index in [9.17, 15) is 14.9 Å². The van der Waals surface area contributed by atoms with Crippen molar-refractivity contribution in [2.45, 2.75) is 13.5 Å². The van der Waals surface area contributed by atoms with Gasteiger partial charge in [-0.3, -0.25) is 14.9 Å². The van der Waals surface area contributed by atoms with E-state index in [0.29, 0.717) is 11.4 Å². The molecule has 0 spiro atoms. The van der Waals surface area contributed by atoms with Crippen LogP contribution in [0.25, 0.3) is 10.2 Å². The van der Waals surface area contributed by atoms with Crippen LogP contribution in [0, 0.1) is 22.5 Å². The first-order valence-corrected chi connectivity index (χ1v) is 8.88. The van der Waals surface area contributed by atoms with Crippen molar-refractivity contribution in [3.8, 4) is 18.1 Å². The van der Waals surface area contributed by atoms with Crippen LogP contribution in [0.1, 0.15) is 17.3 Å². The lowest BCUT2D eigenvalue weighted by Gasteiger charge is -2.03. The van der Waals surface area contributed by atoms with Gasteiger partial charge in [0.05, 0.1) is 28.3 Å². The standard InChI is InChI=1S/C19H15N3O4S/c1-3-10-21-16-9-8-15(26-4-2)12-17(16)27-19(21)20-18(23)13-6-5-7-14(11-13)22(24)25/h1,5-9,11-12H,4,10H2,2H3. The molecule has 0 unspecified atom stereocenters. The Morgan fingerprint density at radius 1 is 1.37 bits per heavy atom. The minimum atomic E-state index is -0.568. The number of aromatic nitrogens is 1. The predicted molar refractivity (Wildman–Crippen MR) is 103 cm³/mol. The van der Waals surface area contributed by atoms with Crippen molar-refractivity contribution < 1.29 is 14.5 Å². The zero-order valence-corrected chi connectivity index (χ0v) is 15.2. The van der Waals surface area contributed by atoms with Gasteiger partial charge in [0.1, 0.15) is 5.75 Å². The normalized spacial score (nSPS) is 11.3. The summed E-state index contributed by atoms with van der Waals surface area (Å²) in [5.74, 6) is 2.71. The number of non-ortho nitro benzene ring substituents is 1. The largest absolute Gasteiger partial charge is 0.494 e. The maximum absolute atomic E-state index is 12.5. The maximum atomic E-state index is 12.5. The second-order valence-corrected chi connectivity index (χ2v) is 6.47. The number of nitro groups is 1. The highest BCUT2D eigenvalue weighted by molar-refractivity contribution is 7.16. The van der Waals surface area contributed by atoms with Crippen molar-refractivity contribution >= 4 is 33.1 Å². The second kappa shape index (κ2) is 7.85. The summed E-state index contributed by atoms with van der Waals surface area (Å²) in [6, 6.07) is 11.0. The molecule has 8 heteroatoms. The van der Waals surface area contributed by atoms with Crippen molar-refractivity contribution in [2.24, 2.45) is 4.99 Å². The fourth-order valence-electron chi connectivity index (χ4n) is 2.54. The van der Waals surface area contributed by atoms with Gasteiger partial charge in [0.15, 0.2) is 4.80 Å². The zero-order valence-electron chi connectivity index (χ0n) is 14.4. The third-order valence-corrected chi connectivity index (χ3v) is 4.76. The number of hydrogen-bond donors (Lipinski definition) is 0. The van der Waals surface area contributed by atoms with E-state index in [2.05, 4.69) is 10.9 Å². The molecule has 2 aromatic carbocycles. The molecule has 0 saturated heterocycles. The molecule has 1 heterocycles. The highest BCUT2D eigenvalue weighted by Crippen LogP contribution is 2.23. The molecule has 1 aromatic heterocycles. The highest BCUT2D eigenvalue weighted by Gasteiger charge is 2.13. The predicted octanol–water partition coefficient (Wildman–Crippen LogP) is 3.38. The Bertz CT molecular complexity index is 1140. The lowest BCUT2D eigenvalue weighted by molar-refractivity contribution is -0.384. The molecule has 1 amide bonds. The third-order valence-electron chi connectivity index (χ3n) is 3.72. The van der Waals surface area contributed by atoms with Crippen LogP contribution in [-0.2, 0) is 6.54 Å². The summed E-state index contributed by atoms with van der Waals surface area (Å²) in [5, 5.41) is 10.9. The molecule has 0 bridgehead atoms. The Labute approximate surface area is 158 Å². The summed E-state index contributed by atoms with van der Waals surface area (Å²) in [4.78, 5) is 27.4. The molecular weight excluding hydrogens is 366 g/mol. The fraction of sp³-hybridized carbons (Fsp3) is 0.158. The molecule has 0 aliphatic heterocycles. The molecule has 0 aliphatic carbocycles. The van der Waals surface area contributed by atoms with Crippen LogP contribution < -0.4 is 9.54 Å². The Hall–Kier alpha value is -3.44. The lowest BCUT2D eigenvalue weighted by Crippen LogP contribution is -2.16. The van der Waals surface area contributed by atoms with Crippen LogP contribution in [0.2, 0.25) is 0 Å². The average molecular weight is 381 g/mol. The summed E-state index contributed by atoms with van der Waals surface area (Å²) < 4.78 is 8.14. The Balaban J connectivity index is 2.10. The maximum Gasteiger partial charge on any atom is 0.279 e. The van der Waals surface area contributed by atoms with E-state index in [1.54, 1.807) is 4.57 Å². The summed E-state index contributed by atoms with van der Waals surface area (Å²) in [7, 11) is 0. The number of hydrogen-bond acceptors (Lipinski definition) is 5.